The number of aromatic nitrogens is 3. The number of hydrogen-bond donors (Lipinski definition) is 1. The fraction of sp³-hybridized carbons (Fsp3) is 0.588. The summed E-state index contributed by atoms with van der Waals surface area (Å²) in [5.41, 5.74) is 0.662. The first kappa shape index (κ1) is 19.6. The number of nitrogens with one attached hydrogen (secondary N) is 1. The number of fused-ring (bicyclic) bond motifs is 1. The molecule has 148 valence electrons. The van der Waals surface area contributed by atoms with Gasteiger partial charge in [0, 0.05) is 19.6 Å². The predicted octanol–water partition coefficient (Wildman–Crippen LogP) is 1.74. The van der Waals surface area contributed by atoms with Crippen molar-refractivity contribution in [2.24, 2.45) is 0 Å². The van der Waals surface area contributed by atoms with Crippen molar-refractivity contribution in [1.82, 2.24) is 24.6 Å². The Hall–Kier alpha value is -2.20. The number of benzene rings is 1. The maximum atomic E-state index is 12.7. The second kappa shape index (κ2) is 7.43. The van der Waals surface area contributed by atoms with Crippen LogP contribution in [0.25, 0.3) is 11.0 Å². The quantitative estimate of drug-likeness (QED) is 0.826. The van der Waals surface area contributed by atoms with Gasteiger partial charge in [0.15, 0.2) is 0 Å². The number of sulfonamides is 1. The normalized spacial score (nSPS) is 16.0. The molecular formula is C17H25N5O4S. The van der Waals surface area contributed by atoms with Gasteiger partial charge in [0.05, 0.1) is 17.0 Å². The summed E-state index contributed by atoms with van der Waals surface area (Å²) in [5.74, 6) is 0. The summed E-state index contributed by atoms with van der Waals surface area (Å²) in [7, 11) is -3.48. The van der Waals surface area contributed by atoms with Crippen LogP contribution in [0.5, 0.6) is 0 Å². The molecule has 0 atom stereocenters. The summed E-state index contributed by atoms with van der Waals surface area (Å²) < 4.78 is 33.6. The van der Waals surface area contributed by atoms with E-state index in [-0.39, 0.29) is 4.90 Å². The SMILES string of the molecule is CC(C)(C)OC(=O)NCCn1nnc2cc(S(=O)(=O)N3CCCC3)ccc21. The van der Waals surface area contributed by atoms with E-state index in [0.717, 1.165) is 12.8 Å². The molecule has 2 aromatic rings. The maximum absolute atomic E-state index is 12.7. The molecule has 0 radical (unpaired) electrons. The van der Waals surface area contributed by atoms with E-state index < -0.39 is 21.7 Å². The molecule has 1 aliphatic heterocycles. The van der Waals surface area contributed by atoms with Crippen LogP contribution in [0.2, 0.25) is 0 Å². The molecule has 10 heteroatoms. The van der Waals surface area contributed by atoms with Crippen LogP contribution in [0.15, 0.2) is 23.1 Å². The van der Waals surface area contributed by atoms with E-state index in [4.69, 9.17) is 4.74 Å². The zero-order valence-electron chi connectivity index (χ0n) is 15.8. The third-order valence-corrected chi connectivity index (χ3v) is 6.07. The van der Waals surface area contributed by atoms with Gasteiger partial charge >= 0.3 is 6.09 Å². The van der Waals surface area contributed by atoms with Crippen LogP contribution in [0.3, 0.4) is 0 Å². The van der Waals surface area contributed by atoms with Crippen LogP contribution in [0, 0.1) is 0 Å². The largest absolute Gasteiger partial charge is 0.444 e. The first-order valence-corrected chi connectivity index (χ1v) is 10.4. The van der Waals surface area contributed by atoms with Crippen LogP contribution in [0.4, 0.5) is 4.79 Å². The number of amides is 1. The molecule has 0 aliphatic carbocycles. The summed E-state index contributed by atoms with van der Waals surface area (Å²) in [4.78, 5) is 11.9. The highest BCUT2D eigenvalue weighted by Gasteiger charge is 2.27. The van der Waals surface area contributed by atoms with Gasteiger partial charge in [0.1, 0.15) is 11.1 Å². The van der Waals surface area contributed by atoms with Gasteiger partial charge in [-0.15, -0.1) is 5.10 Å². The van der Waals surface area contributed by atoms with Gasteiger partial charge in [-0.2, -0.15) is 4.31 Å². The highest BCUT2D eigenvalue weighted by molar-refractivity contribution is 7.89. The van der Waals surface area contributed by atoms with Gasteiger partial charge < -0.3 is 10.1 Å². The van der Waals surface area contributed by atoms with Crippen molar-refractivity contribution in [2.75, 3.05) is 19.6 Å². The van der Waals surface area contributed by atoms with E-state index in [1.165, 1.54) is 4.31 Å². The van der Waals surface area contributed by atoms with E-state index in [1.807, 2.05) is 0 Å². The molecular weight excluding hydrogens is 370 g/mol. The zero-order valence-corrected chi connectivity index (χ0v) is 16.6. The fourth-order valence-corrected chi connectivity index (χ4v) is 4.47. The van der Waals surface area contributed by atoms with Crippen LogP contribution in [-0.2, 0) is 21.3 Å². The smallest absolute Gasteiger partial charge is 0.407 e. The van der Waals surface area contributed by atoms with Gasteiger partial charge in [0.25, 0.3) is 0 Å². The third-order valence-electron chi connectivity index (χ3n) is 4.18. The van der Waals surface area contributed by atoms with Crippen LogP contribution >= 0.6 is 0 Å². The van der Waals surface area contributed by atoms with E-state index in [1.54, 1.807) is 43.7 Å². The molecule has 1 aliphatic rings. The molecule has 1 N–H and O–H groups in total. The number of nitrogens with zero attached hydrogens (tertiary/aromatic N) is 4. The van der Waals surface area contributed by atoms with Gasteiger partial charge in [-0.1, -0.05) is 5.21 Å². The Morgan fingerprint density at radius 2 is 1.96 bits per heavy atom. The number of rotatable bonds is 5. The Bertz CT molecular complexity index is 926. The van der Waals surface area contributed by atoms with Crippen molar-refractivity contribution < 1.29 is 17.9 Å². The summed E-state index contributed by atoms with van der Waals surface area (Å²) in [6.45, 7) is 7.23. The molecule has 9 nitrogen and oxygen atoms in total. The van der Waals surface area contributed by atoms with Crippen LogP contribution in [-0.4, -0.2) is 59.0 Å². The van der Waals surface area contributed by atoms with Gasteiger partial charge in [-0.25, -0.2) is 17.9 Å². The lowest BCUT2D eigenvalue weighted by atomic mass is 10.2. The average molecular weight is 395 g/mol. The molecule has 1 saturated heterocycles. The van der Waals surface area contributed by atoms with Crippen molar-refractivity contribution in [3.63, 3.8) is 0 Å². The predicted molar refractivity (Wildman–Crippen MR) is 99.8 cm³/mol. The minimum Gasteiger partial charge on any atom is -0.444 e. The maximum Gasteiger partial charge on any atom is 0.407 e. The lowest BCUT2D eigenvalue weighted by Crippen LogP contribution is -2.34. The molecule has 27 heavy (non-hydrogen) atoms. The first-order chi connectivity index (χ1) is 12.7. The molecule has 0 spiro atoms. The Balaban J connectivity index is 1.68. The summed E-state index contributed by atoms with van der Waals surface area (Å²) in [5, 5.41) is 10.8. The Morgan fingerprint density at radius 3 is 2.63 bits per heavy atom. The van der Waals surface area contributed by atoms with E-state index in [9.17, 15) is 13.2 Å². The molecule has 1 fully saturated rings. The van der Waals surface area contributed by atoms with E-state index in [2.05, 4.69) is 15.6 Å². The first-order valence-electron chi connectivity index (χ1n) is 8.97. The Morgan fingerprint density at radius 1 is 1.26 bits per heavy atom. The van der Waals surface area contributed by atoms with Crippen molar-refractivity contribution in [3.8, 4) is 0 Å². The lowest BCUT2D eigenvalue weighted by Gasteiger charge is -2.19. The highest BCUT2D eigenvalue weighted by atomic mass is 32.2. The highest BCUT2D eigenvalue weighted by Crippen LogP contribution is 2.23. The van der Waals surface area contributed by atoms with Crippen molar-refractivity contribution in [1.29, 1.82) is 0 Å². The fourth-order valence-electron chi connectivity index (χ4n) is 2.93. The van der Waals surface area contributed by atoms with Gasteiger partial charge in [-0.3, -0.25) is 0 Å². The number of carbonyl (C=O) groups is 1. The molecule has 0 bridgehead atoms. The van der Waals surface area contributed by atoms with Crippen molar-refractivity contribution >= 4 is 27.1 Å². The number of hydrogen-bond acceptors (Lipinski definition) is 6. The number of ether oxygens (including phenoxy) is 1. The summed E-state index contributed by atoms with van der Waals surface area (Å²) >= 11 is 0. The van der Waals surface area contributed by atoms with Crippen molar-refractivity contribution in [2.45, 2.75) is 50.7 Å². The molecule has 1 aromatic carbocycles. The van der Waals surface area contributed by atoms with Crippen LogP contribution < -0.4 is 5.32 Å². The molecule has 1 amide bonds. The second-order valence-corrected chi connectivity index (χ2v) is 9.44. The minimum absolute atomic E-state index is 0.232. The van der Waals surface area contributed by atoms with Crippen molar-refractivity contribution in [3.05, 3.63) is 18.2 Å². The summed E-state index contributed by atoms with van der Waals surface area (Å²) in [6, 6.07) is 4.83. The zero-order chi connectivity index (χ0) is 19.7. The van der Waals surface area contributed by atoms with Gasteiger partial charge in [-0.05, 0) is 51.8 Å². The van der Waals surface area contributed by atoms with Gasteiger partial charge in [0.2, 0.25) is 10.0 Å². The topological polar surface area (TPSA) is 106 Å². The molecule has 2 heterocycles. The molecule has 3 rings (SSSR count). The Labute approximate surface area is 158 Å². The monoisotopic (exact) mass is 395 g/mol. The average Bonchev–Trinajstić information content (AvgIpc) is 3.23. The Kier molecular flexibility index (Phi) is 5.38. The lowest BCUT2D eigenvalue weighted by molar-refractivity contribution is 0.0525. The molecule has 1 aromatic heterocycles. The standard InChI is InChI=1S/C17H25N5O4S/c1-17(2,3)26-16(23)18-8-11-22-15-7-6-13(12-14(15)19-20-22)27(24,25)21-9-4-5-10-21/h6-7,12H,4-5,8-11H2,1-3H3,(H,18,23). The number of alkyl carbamates (subject to hydrolysis) is 1. The molecule has 0 unspecified atom stereocenters. The van der Waals surface area contributed by atoms with E-state index in [0.29, 0.717) is 37.2 Å². The summed E-state index contributed by atoms with van der Waals surface area (Å²) in [6.07, 6.45) is 1.29. The number of carbonyl (C=O) groups excluding carboxylic acids is 1. The molecule has 0 saturated carbocycles. The van der Waals surface area contributed by atoms with E-state index >= 15 is 0 Å². The third kappa shape index (κ3) is 4.56. The second-order valence-electron chi connectivity index (χ2n) is 7.50. The minimum atomic E-state index is -3.48. The van der Waals surface area contributed by atoms with Crippen LogP contribution in [0.1, 0.15) is 33.6 Å².